The summed E-state index contributed by atoms with van der Waals surface area (Å²) in [5.74, 6) is 0.733. The van der Waals surface area contributed by atoms with Crippen molar-refractivity contribution < 1.29 is 0 Å². The maximum absolute atomic E-state index is 10.2. The van der Waals surface area contributed by atoms with Crippen molar-refractivity contribution in [1.82, 2.24) is 0 Å². The van der Waals surface area contributed by atoms with Crippen molar-refractivity contribution in [2.24, 2.45) is 17.0 Å². The SMILES string of the molecule is CCC(CN=O)C1C=CC=C(Cl)C1. The molecule has 0 radical (unpaired) electrons. The Bertz CT molecular complexity index is 235. The largest absolute Gasteiger partial charge is 0.151 e. The van der Waals surface area contributed by atoms with Crippen LogP contribution in [-0.4, -0.2) is 6.54 Å². The van der Waals surface area contributed by atoms with E-state index in [1.807, 2.05) is 12.2 Å². The number of nitroso groups, excluding NO2 is 1. The molecular weight excluding hydrogens is 186 g/mol. The highest BCUT2D eigenvalue weighted by molar-refractivity contribution is 6.29. The van der Waals surface area contributed by atoms with Gasteiger partial charge in [0, 0.05) is 5.03 Å². The van der Waals surface area contributed by atoms with E-state index >= 15 is 0 Å². The summed E-state index contributed by atoms with van der Waals surface area (Å²) in [6, 6.07) is 0. The van der Waals surface area contributed by atoms with Crippen LogP contribution >= 0.6 is 11.6 Å². The molecule has 0 aromatic rings. The Hall–Kier alpha value is -0.630. The van der Waals surface area contributed by atoms with Crippen molar-refractivity contribution in [3.63, 3.8) is 0 Å². The zero-order valence-electron chi connectivity index (χ0n) is 7.74. The molecule has 2 atom stereocenters. The number of halogens is 1. The van der Waals surface area contributed by atoms with Crippen LogP contribution in [0.4, 0.5) is 0 Å². The number of allylic oxidation sites excluding steroid dienone is 4. The number of rotatable bonds is 4. The molecule has 13 heavy (non-hydrogen) atoms. The fourth-order valence-electron chi connectivity index (χ4n) is 1.65. The zero-order valence-corrected chi connectivity index (χ0v) is 8.50. The summed E-state index contributed by atoms with van der Waals surface area (Å²) < 4.78 is 0. The summed E-state index contributed by atoms with van der Waals surface area (Å²) in [5, 5.41) is 3.83. The molecule has 0 spiro atoms. The van der Waals surface area contributed by atoms with Crippen LogP contribution in [0.5, 0.6) is 0 Å². The molecule has 0 saturated heterocycles. The molecule has 72 valence electrons. The Morgan fingerprint density at radius 2 is 2.54 bits per heavy atom. The average Bonchev–Trinajstić information content (AvgIpc) is 2.14. The second kappa shape index (κ2) is 5.18. The van der Waals surface area contributed by atoms with E-state index in [0.29, 0.717) is 18.4 Å². The molecule has 0 bridgehead atoms. The minimum absolute atomic E-state index is 0.344. The summed E-state index contributed by atoms with van der Waals surface area (Å²) in [4.78, 5) is 10.2. The van der Waals surface area contributed by atoms with Crippen LogP contribution in [-0.2, 0) is 0 Å². The Labute approximate surface area is 83.6 Å². The van der Waals surface area contributed by atoms with Gasteiger partial charge in [-0.2, -0.15) is 4.91 Å². The number of nitrogens with zero attached hydrogens (tertiary/aromatic N) is 1. The second-order valence-electron chi connectivity index (χ2n) is 3.35. The topological polar surface area (TPSA) is 29.4 Å². The molecule has 1 rings (SSSR count). The third kappa shape index (κ3) is 2.96. The fraction of sp³-hybridized carbons (Fsp3) is 0.600. The molecule has 0 heterocycles. The highest BCUT2D eigenvalue weighted by Gasteiger charge is 2.20. The lowest BCUT2D eigenvalue weighted by Crippen LogP contribution is -2.16. The first-order valence-corrected chi connectivity index (χ1v) is 4.97. The van der Waals surface area contributed by atoms with Crippen molar-refractivity contribution in [1.29, 1.82) is 0 Å². The summed E-state index contributed by atoms with van der Waals surface area (Å²) in [7, 11) is 0. The lowest BCUT2D eigenvalue weighted by molar-refractivity contribution is 0.390. The van der Waals surface area contributed by atoms with Gasteiger partial charge in [-0.3, -0.25) is 0 Å². The van der Waals surface area contributed by atoms with E-state index in [1.54, 1.807) is 0 Å². The summed E-state index contributed by atoms with van der Waals surface area (Å²) in [5.41, 5.74) is 0. The van der Waals surface area contributed by atoms with Gasteiger partial charge in [-0.25, -0.2) is 0 Å². The van der Waals surface area contributed by atoms with Crippen molar-refractivity contribution in [3.05, 3.63) is 28.2 Å². The summed E-state index contributed by atoms with van der Waals surface area (Å²) >= 11 is 5.91. The van der Waals surface area contributed by atoms with Crippen molar-refractivity contribution >= 4 is 11.6 Å². The van der Waals surface area contributed by atoms with Gasteiger partial charge in [-0.15, -0.1) is 0 Å². The maximum Gasteiger partial charge on any atom is 0.0844 e. The molecule has 1 aliphatic carbocycles. The van der Waals surface area contributed by atoms with Crippen LogP contribution in [0.25, 0.3) is 0 Å². The molecule has 0 aromatic heterocycles. The zero-order chi connectivity index (χ0) is 9.68. The van der Waals surface area contributed by atoms with Gasteiger partial charge >= 0.3 is 0 Å². The van der Waals surface area contributed by atoms with E-state index in [9.17, 15) is 4.91 Å². The van der Waals surface area contributed by atoms with Gasteiger partial charge in [-0.05, 0) is 24.3 Å². The monoisotopic (exact) mass is 199 g/mol. The standard InChI is InChI=1S/C10H14ClNO/c1-2-8(7-12-13)9-4-3-5-10(11)6-9/h3-5,8-9H,2,6-7H2,1H3. The van der Waals surface area contributed by atoms with Crippen molar-refractivity contribution in [2.45, 2.75) is 19.8 Å². The molecule has 0 saturated carbocycles. The van der Waals surface area contributed by atoms with Gasteiger partial charge in [-0.1, -0.05) is 42.3 Å². The first-order valence-electron chi connectivity index (χ1n) is 4.60. The normalized spacial score (nSPS) is 23.8. The molecule has 0 amide bonds. The van der Waals surface area contributed by atoms with E-state index in [2.05, 4.69) is 18.2 Å². The Morgan fingerprint density at radius 1 is 1.77 bits per heavy atom. The molecule has 2 nitrogen and oxygen atoms in total. The Kier molecular flexibility index (Phi) is 4.16. The number of hydrogen-bond donors (Lipinski definition) is 0. The van der Waals surface area contributed by atoms with E-state index in [4.69, 9.17) is 11.6 Å². The van der Waals surface area contributed by atoms with Gasteiger partial charge < -0.3 is 0 Å². The van der Waals surface area contributed by atoms with E-state index in [1.165, 1.54) is 0 Å². The highest BCUT2D eigenvalue weighted by atomic mass is 35.5. The molecule has 1 aliphatic rings. The van der Waals surface area contributed by atoms with Gasteiger partial charge in [0.25, 0.3) is 0 Å². The predicted molar refractivity (Wildman–Crippen MR) is 55.6 cm³/mol. The lowest BCUT2D eigenvalue weighted by Gasteiger charge is -2.22. The molecule has 0 fully saturated rings. The lowest BCUT2D eigenvalue weighted by atomic mass is 9.85. The minimum atomic E-state index is 0.344. The average molecular weight is 200 g/mol. The van der Waals surface area contributed by atoms with Gasteiger partial charge in [0.2, 0.25) is 0 Å². The third-order valence-corrected chi connectivity index (χ3v) is 2.79. The molecule has 2 unspecified atom stereocenters. The van der Waals surface area contributed by atoms with Crippen molar-refractivity contribution in [2.75, 3.05) is 6.54 Å². The predicted octanol–water partition coefficient (Wildman–Crippen LogP) is 3.48. The van der Waals surface area contributed by atoms with Crippen LogP contribution in [0, 0.1) is 16.7 Å². The Balaban J connectivity index is 2.55. The van der Waals surface area contributed by atoms with Crippen LogP contribution in [0.2, 0.25) is 0 Å². The molecule has 0 aliphatic heterocycles. The summed E-state index contributed by atoms with van der Waals surface area (Å²) in [6.45, 7) is 2.48. The van der Waals surface area contributed by atoms with Gasteiger partial charge in [0.05, 0.1) is 6.54 Å². The third-order valence-electron chi connectivity index (χ3n) is 2.51. The van der Waals surface area contributed by atoms with E-state index < -0.39 is 0 Å². The second-order valence-corrected chi connectivity index (χ2v) is 3.83. The van der Waals surface area contributed by atoms with Crippen LogP contribution < -0.4 is 0 Å². The quantitative estimate of drug-likeness (QED) is 0.638. The van der Waals surface area contributed by atoms with Crippen molar-refractivity contribution in [3.8, 4) is 0 Å². The molecule has 0 aromatic carbocycles. The van der Waals surface area contributed by atoms with Crippen LogP contribution in [0.3, 0.4) is 0 Å². The maximum atomic E-state index is 10.2. The van der Waals surface area contributed by atoms with Gasteiger partial charge in [0.15, 0.2) is 0 Å². The van der Waals surface area contributed by atoms with Crippen LogP contribution in [0.1, 0.15) is 19.8 Å². The van der Waals surface area contributed by atoms with E-state index in [-0.39, 0.29) is 0 Å². The molecule has 3 heteroatoms. The first-order chi connectivity index (χ1) is 6.27. The highest BCUT2D eigenvalue weighted by Crippen LogP contribution is 2.29. The van der Waals surface area contributed by atoms with Crippen LogP contribution in [0.15, 0.2) is 28.4 Å². The molecule has 0 N–H and O–H groups in total. The minimum Gasteiger partial charge on any atom is -0.151 e. The molecular formula is C10H14ClNO. The van der Waals surface area contributed by atoms with E-state index in [0.717, 1.165) is 17.9 Å². The Morgan fingerprint density at radius 3 is 3.08 bits per heavy atom. The summed E-state index contributed by atoms with van der Waals surface area (Å²) in [6.07, 6.45) is 7.81. The smallest absolute Gasteiger partial charge is 0.0844 e. The number of hydrogen-bond acceptors (Lipinski definition) is 2. The van der Waals surface area contributed by atoms with Gasteiger partial charge in [0.1, 0.15) is 0 Å². The fourth-order valence-corrected chi connectivity index (χ4v) is 1.90. The first kappa shape index (κ1) is 10.5.